The van der Waals surface area contributed by atoms with Crippen molar-refractivity contribution < 1.29 is 33.3 Å². The van der Waals surface area contributed by atoms with Crippen LogP contribution in [-0.4, -0.2) is 42.8 Å². The van der Waals surface area contributed by atoms with Gasteiger partial charge in [0.05, 0.1) is 25.5 Å². The number of halogens is 1. The van der Waals surface area contributed by atoms with E-state index < -0.39 is 17.8 Å². The SMILES string of the molecule is CCOc1cc(C=NNC(=O)c2[nH]c3c(C)cccc3c2-c2ccccc2Cl)ccc1OC(=O)c1ccc(OC(C)=O)c(OC)c1. The molecule has 0 spiro atoms. The fraction of sp³-hybridized carbons (Fsp3) is 0.143. The third-order valence-electron chi connectivity index (χ3n) is 6.92. The fourth-order valence-corrected chi connectivity index (χ4v) is 5.08. The molecule has 0 radical (unpaired) electrons. The monoisotopic (exact) mass is 639 g/mol. The average Bonchev–Trinajstić information content (AvgIpc) is 3.43. The van der Waals surface area contributed by atoms with Crippen LogP contribution >= 0.6 is 11.6 Å². The third kappa shape index (κ3) is 6.87. The molecule has 1 heterocycles. The number of aromatic nitrogens is 1. The van der Waals surface area contributed by atoms with Crippen LogP contribution in [0.2, 0.25) is 5.02 Å². The number of amides is 1. The number of ether oxygens (including phenoxy) is 4. The maximum Gasteiger partial charge on any atom is 0.343 e. The van der Waals surface area contributed by atoms with Crippen LogP contribution in [0.25, 0.3) is 22.0 Å². The number of esters is 2. The minimum Gasteiger partial charge on any atom is -0.493 e. The molecule has 0 bridgehead atoms. The molecular weight excluding hydrogens is 610 g/mol. The van der Waals surface area contributed by atoms with Gasteiger partial charge in [0.1, 0.15) is 5.69 Å². The molecule has 1 amide bonds. The predicted molar refractivity (Wildman–Crippen MR) is 175 cm³/mol. The van der Waals surface area contributed by atoms with E-state index >= 15 is 0 Å². The lowest BCUT2D eigenvalue weighted by atomic mass is 10.0. The predicted octanol–water partition coefficient (Wildman–Crippen LogP) is 7.11. The zero-order chi connectivity index (χ0) is 32.8. The normalized spacial score (nSPS) is 11.0. The zero-order valence-electron chi connectivity index (χ0n) is 25.5. The quantitative estimate of drug-likeness (QED) is 0.0721. The van der Waals surface area contributed by atoms with Crippen LogP contribution in [0.4, 0.5) is 0 Å². The molecule has 46 heavy (non-hydrogen) atoms. The summed E-state index contributed by atoms with van der Waals surface area (Å²) in [7, 11) is 1.40. The Morgan fingerprint density at radius 3 is 2.41 bits per heavy atom. The molecule has 0 fully saturated rings. The highest BCUT2D eigenvalue weighted by Crippen LogP contribution is 2.37. The number of aromatic amines is 1. The number of hydrogen-bond acceptors (Lipinski definition) is 8. The highest BCUT2D eigenvalue weighted by Gasteiger charge is 2.22. The summed E-state index contributed by atoms with van der Waals surface area (Å²) in [5, 5.41) is 5.55. The minimum atomic E-state index is -0.676. The number of para-hydroxylation sites is 1. The molecule has 5 rings (SSSR count). The molecule has 11 heteroatoms. The number of carbonyl (C=O) groups excluding carboxylic acids is 3. The Labute approximate surface area is 269 Å². The van der Waals surface area contributed by atoms with Gasteiger partial charge < -0.3 is 23.9 Å². The van der Waals surface area contributed by atoms with E-state index in [1.807, 2.05) is 43.3 Å². The molecule has 4 aromatic carbocycles. The molecule has 2 N–H and O–H groups in total. The molecule has 0 atom stereocenters. The van der Waals surface area contributed by atoms with Gasteiger partial charge in [0, 0.05) is 34.0 Å². The standard InChI is InChI=1S/C35H30ClN3O7/c1-5-44-30-17-22(13-15-28(30)46-35(42)23-14-16-27(45-21(3)40)29(18-23)43-4)19-37-39-34(41)33-31(24-10-6-7-12-26(24)36)25-11-8-9-20(2)32(25)38-33/h6-19,38H,5H2,1-4H3,(H,39,41). The summed E-state index contributed by atoms with van der Waals surface area (Å²) in [5.74, 6) is -0.803. The molecule has 0 aliphatic carbocycles. The van der Waals surface area contributed by atoms with E-state index in [0.29, 0.717) is 34.2 Å². The Balaban J connectivity index is 1.35. The van der Waals surface area contributed by atoms with E-state index in [4.69, 9.17) is 30.5 Å². The molecular formula is C35H30ClN3O7. The number of H-pyrrole nitrogens is 1. The summed E-state index contributed by atoms with van der Waals surface area (Å²) < 4.78 is 21.7. The van der Waals surface area contributed by atoms with E-state index in [1.165, 1.54) is 38.4 Å². The van der Waals surface area contributed by atoms with Crippen LogP contribution in [0.5, 0.6) is 23.0 Å². The smallest absolute Gasteiger partial charge is 0.343 e. The first-order valence-electron chi connectivity index (χ1n) is 14.2. The number of fused-ring (bicyclic) bond motifs is 1. The lowest BCUT2D eigenvalue weighted by Crippen LogP contribution is -2.19. The van der Waals surface area contributed by atoms with Gasteiger partial charge in [-0.15, -0.1) is 0 Å². The van der Waals surface area contributed by atoms with Crippen molar-refractivity contribution in [1.82, 2.24) is 10.4 Å². The first kappa shape index (κ1) is 31.8. The lowest BCUT2D eigenvalue weighted by Gasteiger charge is -2.13. The van der Waals surface area contributed by atoms with Crippen molar-refractivity contribution in [2.45, 2.75) is 20.8 Å². The third-order valence-corrected chi connectivity index (χ3v) is 7.24. The summed E-state index contributed by atoms with van der Waals surface area (Å²) in [6.45, 7) is 5.33. The summed E-state index contributed by atoms with van der Waals surface area (Å²) in [6.07, 6.45) is 1.45. The number of aryl methyl sites for hydroxylation is 1. The first-order chi connectivity index (χ1) is 22.2. The average molecular weight is 640 g/mol. The molecule has 0 saturated carbocycles. The summed E-state index contributed by atoms with van der Waals surface area (Å²) in [5.41, 5.74) is 6.88. The molecule has 0 saturated heterocycles. The Bertz CT molecular complexity index is 1980. The van der Waals surface area contributed by atoms with E-state index in [1.54, 1.807) is 31.2 Å². The second-order valence-electron chi connectivity index (χ2n) is 10.0. The van der Waals surface area contributed by atoms with Gasteiger partial charge in [-0.3, -0.25) is 9.59 Å². The van der Waals surface area contributed by atoms with Crippen molar-refractivity contribution in [3.8, 4) is 34.1 Å². The molecule has 1 aromatic heterocycles. The summed E-state index contributed by atoms with van der Waals surface area (Å²) in [4.78, 5) is 40.9. The molecule has 10 nitrogen and oxygen atoms in total. The molecule has 234 valence electrons. The van der Waals surface area contributed by atoms with Gasteiger partial charge in [0.15, 0.2) is 23.0 Å². The second kappa shape index (κ2) is 14.0. The van der Waals surface area contributed by atoms with Gasteiger partial charge in [0.2, 0.25) is 0 Å². The number of carbonyl (C=O) groups is 3. The summed E-state index contributed by atoms with van der Waals surface area (Å²) >= 11 is 6.53. The number of methoxy groups -OCH3 is 1. The van der Waals surface area contributed by atoms with Crippen molar-refractivity contribution in [1.29, 1.82) is 0 Å². The van der Waals surface area contributed by atoms with Crippen LogP contribution in [0.3, 0.4) is 0 Å². The highest BCUT2D eigenvalue weighted by atomic mass is 35.5. The Morgan fingerprint density at radius 1 is 0.913 bits per heavy atom. The number of benzene rings is 4. The number of nitrogens with one attached hydrogen (secondary N) is 2. The van der Waals surface area contributed by atoms with Crippen molar-refractivity contribution in [3.05, 3.63) is 106 Å². The van der Waals surface area contributed by atoms with E-state index in [2.05, 4.69) is 15.5 Å². The number of rotatable bonds is 10. The van der Waals surface area contributed by atoms with Crippen LogP contribution in [0.1, 0.15) is 45.8 Å². The topological polar surface area (TPSA) is 128 Å². The zero-order valence-corrected chi connectivity index (χ0v) is 26.2. The Kier molecular flexibility index (Phi) is 9.68. The summed E-state index contributed by atoms with van der Waals surface area (Å²) in [6, 6.07) is 22.3. The van der Waals surface area contributed by atoms with E-state index in [9.17, 15) is 14.4 Å². The molecule has 0 aliphatic rings. The van der Waals surface area contributed by atoms with Gasteiger partial charge in [0.25, 0.3) is 5.91 Å². The largest absolute Gasteiger partial charge is 0.493 e. The van der Waals surface area contributed by atoms with Gasteiger partial charge in [-0.25, -0.2) is 10.2 Å². The number of hydrogen-bond donors (Lipinski definition) is 2. The van der Waals surface area contributed by atoms with Crippen molar-refractivity contribution in [3.63, 3.8) is 0 Å². The van der Waals surface area contributed by atoms with Gasteiger partial charge in [-0.05, 0) is 67.4 Å². The molecule has 0 aliphatic heterocycles. The lowest BCUT2D eigenvalue weighted by molar-refractivity contribution is -0.132. The highest BCUT2D eigenvalue weighted by molar-refractivity contribution is 6.34. The van der Waals surface area contributed by atoms with Crippen molar-refractivity contribution >= 4 is 46.6 Å². The van der Waals surface area contributed by atoms with Crippen LogP contribution < -0.4 is 24.4 Å². The Morgan fingerprint density at radius 2 is 1.67 bits per heavy atom. The van der Waals surface area contributed by atoms with Gasteiger partial charge in [-0.1, -0.05) is 48.0 Å². The van der Waals surface area contributed by atoms with E-state index in [0.717, 1.165) is 22.0 Å². The van der Waals surface area contributed by atoms with Gasteiger partial charge >= 0.3 is 11.9 Å². The van der Waals surface area contributed by atoms with Crippen LogP contribution in [-0.2, 0) is 4.79 Å². The minimum absolute atomic E-state index is 0.173. The van der Waals surface area contributed by atoms with Crippen LogP contribution in [0.15, 0.2) is 84.0 Å². The number of nitrogens with zero attached hydrogens (tertiary/aromatic N) is 1. The van der Waals surface area contributed by atoms with Crippen molar-refractivity contribution in [2.24, 2.45) is 5.10 Å². The first-order valence-corrected chi connectivity index (χ1v) is 14.6. The maximum absolute atomic E-state index is 13.4. The Hall–Kier alpha value is -5.61. The van der Waals surface area contributed by atoms with Gasteiger partial charge in [-0.2, -0.15) is 5.10 Å². The molecule has 0 unspecified atom stereocenters. The van der Waals surface area contributed by atoms with E-state index in [-0.39, 0.29) is 22.8 Å². The van der Waals surface area contributed by atoms with Crippen molar-refractivity contribution in [2.75, 3.05) is 13.7 Å². The number of hydrazone groups is 1. The molecule has 5 aromatic rings. The maximum atomic E-state index is 13.4. The van der Waals surface area contributed by atoms with Crippen LogP contribution in [0, 0.1) is 6.92 Å². The fourth-order valence-electron chi connectivity index (χ4n) is 4.85. The second-order valence-corrected chi connectivity index (χ2v) is 10.4.